The highest BCUT2D eigenvalue weighted by Crippen LogP contribution is 2.71. The van der Waals surface area contributed by atoms with Crippen molar-refractivity contribution in [1.82, 2.24) is 0 Å². The number of benzene rings is 1. The molecule has 1 saturated carbocycles. The molecule has 27 heavy (non-hydrogen) atoms. The van der Waals surface area contributed by atoms with Crippen LogP contribution in [-0.2, 0) is 5.41 Å². The summed E-state index contributed by atoms with van der Waals surface area (Å²) in [6.45, 7) is 5.48. The molecule has 148 valence electrons. The largest absolute Gasteiger partial charge is 1.00 e. The Morgan fingerprint density at radius 3 is 2.63 bits per heavy atom. The van der Waals surface area contributed by atoms with E-state index >= 15 is 0 Å². The number of hydrogen-bond acceptors (Lipinski definition) is 3. The van der Waals surface area contributed by atoms with E-state index in [0.29, 0.717) is 35.9 Å². The fourth-order valence-electron chi connectivity index (χ4n) is 9.03. The first-order valence-electron chi connectivity index (χ1n) is 10.6. The van der Waals surface area contributed by atoms with Crippen molar-refractivity contribution >= 4 is 5.69 Å². The molecule has 4 saturated heterocycles. The first-order valence-corrected chi connectivity index (χ1v) is 10.6. The van der Waals surface area contributed by atoms with Gasteiger partial charge in [-0.05, 0) is 30.9 Å². The molecule has 0 radical (unpaired) electrons. The van der Waals surface area contributed by atoms with Gasteiger partial charge in [-0.1, -0.05) is 25.1 Å². The molecule has 5 bridgehead atoms. The van der Waals surface area contributed by atoms with Gasteiger partial charge in [-0.15, -0.1) is 0 Å². The van der Waals surface area contributed by atoms with E-state index in [1.165, 1.54) is 17.7 Å². The van der Waals surface area contributed by atoms with Gasteiger partial charge in [-0.25, -0.2) is 0 Å². The highest BCUT2D eigenvalue weighted by Gasteiger charge is 2.82. The summed E-state index contributed by atoms with van der Waals surface area (Å²) in [5, 5.41) is 23.4. The lowest BCUT2D eigenvalue weighted by Crippen LogP contribution is -3.00. The fraction of sp³-hybridized carbons (Fsp3) is 0.727. The van der Waals surface area contributed by atoms with Gasteiger partial charge < -0.3 is 32.1 Å². The summed E-state index contributed by atoms with van der Waals surface area (Å²) < 4.78 is 0.849. The summed E-state index contributed by atoms with van der Waals surface area (Å²) in [5.74, 6) is 1.18. The minimum atomic E-state index is -0.272. The number of fused-ring (bicyclic) bond motifs is 2. The van der Waals surface area contributed by atoms with Crippen LogP contribution >= 0.6 is 0 Å². The lowest BCUT2D eigenvalue weighted by Gasteiger charge is -2.67. The van der Waals surface area contributed by atoms with Crippen molar-refractivity contribution in [2.24, 2.45) is 17.8 Å². The summed E-state index contributed by atoms with van der Waals surface area (Å²) in [7, 11) is 2.22. The Labute approximate surface area is 172 Å². The molecule has 5 heteroatoms. The van der Waals surface area contributed by atoms with Crippen molar-refractivity contribution < 1.29 is 31.7 Å². The van der Waals surface area contributed by atoms with E-state index in [1.54, 1.807) is 0 Å². The summed E-state index contributed by atoms with van der Waals surface area (Å²) in [4.78, 5) is 2.46. The predicted octanol–water partition coefficient (Wildman–Crippen LogP) is -0.907. The van der Waals surface area contributed by atoms with E-state index in [4.69, 9.17) is 0 Å². The van der Waals surface area contributed by atoms with Gasteiger partial charge >= 0.3 is 0 Å². The van der Waals surface area contributed by atoms with Crippen molar-refractivity contribution in [3.8, 4) is 0 Å². The zero-order valence-electron chi connectivity index (χ0n) is 16.4. The van der Waals surface area contributed by atoms with E-state index in [2.05, 4.69) is 50.1 Å². The molecular formula is C22H31BrN2O2. The van der Waals surface area contributed by atoms with E-state index in [9.17, 15) is 10.2 Å². The molecule has 1 spiro atoms. The van der Waals surface area contributed by atoms with E-state index in [1.807, 2.05) is 0 Å². The van der Waals surface area contributed by atoms with Gasteiger partial charge in [-0.3, -0.25) is 4.48 Å². The zero-order chi connectivity index (χ0) is 18.0. The molecule has 2 N–H and O–H groups in total. The van der Waals surface area contributed by atoms with Gasteiger partial charge in [0.15, 0.2) is 6.23 Å². The summed E-state index contributed by atoms with van der Waals surface area (Å²) in [6, 6.07) is 9.93. The average molecular weight is 435 g/mol. The monoisotopic (exact) mass is 434 g/mol. The maximum Gasteiger partial charge on any atom is 0.194 e. The fourth-order valence-corrected chi connectivity index (χ4v) is 9.03. The maximum absolute atomic E-state index is 11.8. The first kappa shape index (κ1) is 18.4. The van der Waals surface area contributed by atoms with Crippen LogP contribution in [0.1, 0.15) is 38.7 Å². The Morgan fingerprint density at radius 1 is 1.19 bits per heavy atom. The number of likely N-dealkylation sites (N-methyl/N-ethyl adjacent to an activating group) is 2. The van der Waals surface area contributed by atoms with Crippen LogP contribution in [0.5, 0.6) is 0 Å². The van der Waals surface area contributed by atoms with E-state index in [0.717, 1.165) is 23.9 Å². The highest BCUT2D eigenvalue weighted by atomic mass is 79.9. The number of nitrogens with zero attached hydrogens (tertiary/aromatic N) is 2. The number of aliphatic hydroxyl groups excluding tert-OH is 2. The number of para-hydroxylation sites is 1. The van der Waals surface area contributed by atoms with E-state index < -0.39 is 0 Å². The quantitative estimate of drug-likeness (QED) is 0.592. The second kappa shape index (κ2) is 5.50. The van der Waals surface area contributed by atoms with E-state index in [-0.39, 0.29) is 34.7 Å². The second-order valence-electron chi connectivity index (χ2n) is 9.67. The molecule has 5 fully saturated rings. The number of anilines is 1. The molecule has 1 aromatic carbocycles. The Bertz CT molecular complexity index is 789. The minimum absolute atomic E-state index is 0. The van der Waals surface area contributed by atoms with Crippen molar-refractivity contribution in [3.63, 3.8) is 0 Å². The van der Waals surface area contributed by atoms with Crippen molar-refractivity contribution in [1.29, 1.82) is 0 Å². The number of piperidine rings is 4. The number of hydrogen-bond donors (Lipinski definition) is 2. The summed E-state index contributed by atoms with van der Waals surface area (Å²) in [5.41, 5.74) is 2.55. The number of quaternary nitrogens is 1. The van der Waals surface area contributed by atoms with Gasteiger partial charge in [0.1, 0.15) is 6.04 Å². The Kier molecular flexibility index (Phi) is 3.75. The van der Waals surface area contributed by atoms with Crippen molar-refractivity contribution in [2.75, 3.05) is 18.5 Å². The Balaban J connectivity index is 0.00000160. The highest BCUT2D eigenvalue weighted by molar-refractivity contribution is 5.66. The molecule has 5 aliphatic heterocycles. The summed E-state index contributed by atoms with van der Waals surface area (Å²) in [6.07, 6.45) is 2.71. The minimum Gasteiger partial charge on any atom is -1.00 e. The molecule has 4 nitrogen and oxygen atoms in total. The van der Waals surface area contributed by atoms with Crippen LogP contribution in [0.3, 0.4) is 0 Å². The molecular weight excluding hydrogens is 404 g/mol. The maximum atomic E-state index is 11.8. The van der Waals surface area contributed by atoms with Crippen LogP contribution in [-0.4, -0.2) is 58.7 Å². The standard InChI is InChI=1S/C22H31N2O2.BrH/c1-4-12-13-10-16-19-22(14-8-6-7-9-15(14)23(19)3)11-17(18(13)20(22)25)24(16,5-2)21(12)26;/h6-9,12-13,16-21,25-26H,4-5,10-11H2,1-3H3;1H/q+1;/p-1/t12-,13-,16?,17-,18?,19-,20-,21+,22?,24?;/m0./s1. The van der Waals surface area contributed by atoms with Gasteiger partial charge in [-0.2, -0.15) is 0 Å². The third-order valence-corrected chi connectivity index (χ3v) is 9.67. The van der Waals surface area contributed by atoms with Gasteiger partial charge in [0, 0.05) is 37.4 Å². The van der Waals surface area contributed by atoms with Crippen LogP contribution in [0.25, 0.3) is 0 Å². The normalized spacial score (nSPS) is 53.3. The number of rotatable bonds is 2. The molecule has 5 heterocycles. The van der Waals surface area contributed by atoms with Crippen molar-refractivity contribution in [3.05, 3.63) is 29.8 Å². The molecule has 7 rings (SSSR count). The van der Waals surface area contributed by atoms with Crippen LogP contribution in [0.4, 0.5) is 5.69 Å². The lowest BCUT2D eigenvalue weighted by atomic mass is 9.60. The molecule has 0 aromatic heterocycles. The third-order valence-electron chi connectivity index (χ3n) is 9.67. The topological polar surface area (TPSA) is 43.7 Å². The molecule has 4 unspecified atom stereocenters. The van der Waals surface area contributed by atoms with Gasteiger partial charge in [0.05, 0.1) is 30.1 Å². The Hall–Kier alpha value is -0.620. The molecule has 1 aromatic rings. The zero-order valence-corrected chi connectivity index (χ0v) is 18.0. The lowest BCUT2D eigenvalue weighted by molar-refractivity contribution is -1.04. The molecule has 10 atom stereocenters. The second-order valence-corrected chi connectivity index (χ2v) is 9.67. The molecule has 0 amide bonds. The first-order chi connectivity index (χ1) is 12.5. The number of halogens is 1. The SMILES string of the molecule is CC[C@H]1[C@@H]2CC3[C@@H]4N(C)c5ccccc5C45C[C@@H](C2[C@@H]5O)[N+]3(CC)[C@@H]1O.[Br-]. The Morgan fingerprint density at radius 2 is 1.93 bits per heavy atom. The van der Waals surface area contributed by atoms with Crippen LogP contribution in [0, 0.1) is 17.8 Å². The smallest absolute Gasteiger partial charge is 0.194 e. The van der Waals surface area contributed by atoms with Crippen molar-refractivity contribution in [2.45, 2.75) is 69.0 Å². The van der Waals surface area contributed by atoms with Gasteiger partial charge in [0.25, 0.3) is 0 Å². The molecule has 1 aliphatic carbocycles. The molecule has 6 aliphatic rings. The number of aliphatic hydroxyl groups is 2. The third kappa shape index (κ3) is 1.63. The average Bonchev–Trinajstić information content (AvgIpc) is 3.04. The van der Waals surface area contributed by atoms with Crippen LogP contribution < -0.4 is 21.9 Å². The van der Waals surface area contributed by atoms with Crippen LogP contribution in [0.15, 0.2) is 24.3 Å². The predicted molar refractivity (Wildman–Crippen MR) is 101 cm³/mol. The summed E-state index contributed by atoms with van der Waals surface area (Å²) >= 11 is 0. The van der Waals surface area contributed by atoms with Gasteiger partial charge in [0.2, 0.25) is 0 Å². The van der Waals surface area contributed by atoms with Crippen LogP contribution in [0.2, 0.25) is 0 Å².